The van der Waals surface area contributed by atoms with Gasteiger partial charge in [-0.25, -0.2) is 4.98 Å². The van der Waals surface area contributed by atoms with Crippen LogP contribution >= 0.6 is 23.8 Å². The van der Waals surface area contributed by atoms with Crippen molar-refractivity contribution >= 4 is 34.5 Å². The minimum absolute atomic E-state index is 0.309. The maximum atomic E-state index is 6.15. The van der Waals surface area contributed by atoms with Crippen molar-refractivity contribution in [3.63, 3.8) is 0 Å². The second kappa shape index (κ2) is 5.71. The van der Waals surface area contributed by atoms with Crippen molar-refractivity contribution in [2.45, 2.75) is 6.61 Å². The summed E-state index contributed by atoms with van der Waals surface area (Å²) in [6.07, 6.45) is 3.86. The van der Waals surface area contributed by atoms with Crippen molar-refractivity contribution < 1.29 is 4.74 Å². The number of halogens is 1. The van der Waals surface area contributed by atoms with Crippen molar-refractivity contribution in [3.05, 3.63) is 65.1 Å². The van der Waals surface area contributed by atoms with E-state index in [9.17, 15) is 0 Å². The molecule has 0 radical (unpaired) electrons. The Morgan fingerprint density at radius 2 is 2.19 bits per heavy atom. The fourth-order valence-corrected chi connectivity index (χ4v) is 2.34. The molecule has 0 spiro atoms. The number of pyridine rings is 1. The van der Waals surface area contributed by atoms with Crippen LogP contribution in [0.4, 0.5) is 0 Å². The van der Waals surface area contributed by atoms with Gasteiger partial charge in [0.2, 0.25) is 0 Å². The predicted octanol–water partition coefficient (Wildman–Crippen LogP) is 3.20. The lowest BCUT2D eigenvalue weighted by Crippen LogP contribution is -2.09. The molecule has 3 rings (SSSR count). The van der Waals surface area contributed by atoms with Gasteiger partial charge in [0, 0.05) is 18.0 Å². The van der Waals surface area contributed by atoms with Crippen LogP contribution in [0.5, 0.6) is 5.75 Å². The zero-order valence-corrected chi connectivity index (χ0v) is 12.6. The summed E-state index contributed by atoms with van der Waals surface area (Å²) in [6.45, 7) is 0.341. The number of hydrogen-bond donors (Lipinski definition) is 1. The van der Waals surface area contributed by atoms with E-state index in [4.69, 9.17) is 34.3 Å². The number of thiocarbonyl (C=S) groups is 1. The molecule has 1 aromatic carbocycles. The van der Waals surface area contributed by atoms with Gasteiger partial charge in [-0.1, -0.05) is 29.9 Å². The zero-order chi connectivity index (χ0) is 14.8. The second-order valence-corrected chi connectivity index (χ2v) is 5.34. The number of imidazole rings is 1. The summed E-state index contributed by atoms with van der Waals surface area (Å²) < 4.78 is 7.64. The third-order valence-corrected chi connectivity index (χ3v) is 3.54. The van der Waals surface area contributed by atoms with E-state index in [1.54, 1.807) is 18.2 Å². The number of rotatable bonds is 4. The molecule has 0 amide bonds. The van der Waals surface area contributed by atoms with Crippen LogP contribution in [0.3, 0.4) is 0 Å². The Morgan fingerprint density at radius 3 is 2.90 bits per heavy atom. The van der Waals surface area contributed by atoms with Crippen LogP contribution in [0.25, 0.3) is 5.65 Å². The molecule has 0 aliphatic carbocycles. The third kappa shape index (κ3) is 2.99. The molecule has 0 unspecified atom stereocenters. The van der Waals surface area contributed by atoms with Gasteiger partial charge in [0.25, 0.3) is 0 Å². The average Bonchev–Trinajstić information content (AvgIpc) is 2.88. The highest BCUT2D eigenvalue weighted by atomic mass is 35.5. The maximum absolute atomic E-state index is 6.15. The Labute approximate surface area is 132 Å². The molecule has 2 N–H and O–H groups in total. The fraction of sp³-hybridized carbons (Fsp3) is 0.0667. The molecular formula is C15H12ClN3OS. The van der Waals surface area contributed by atoms with Gasteiger partial charge in [-0.15, -0.1) is 0 Å². The monoisotopic (exact) mass is 317 g/mol. The molecule has 6 heteroatoms. The molecule has 106 valence electrons. The third-order valence-electron chi connectivity index (χ3n) is 3.01. The minimum atomic E-state index is 0.309. The van der Waals surface area contributed by atoms with E-state index in [0.29, 0.717) is 22.4 Å². The van der Waals surface area contributed by atoms with E-state index >= 15 is 0 Å². The normalized spacial score (nSPS) is 10.7. The lowest BCUT2D eigenvalue weighted by atomic mass is 10.2. The molecule has 3 aromatic rings. The Kier molecular flexibility index (Phi) is 3.77. The van der Waals surface area contributed by atoms with Crippen molar-refractivity contribution in [1.29, 1.82) is 0 Å². The van der Waals surface area contributed by atoms with Crippen molar-refractivity contribution in [3.8, 4) is 5.75 Å². The van der Waals surface area contributed by atoms with Gasteiger partial charge in [-0.2, -0.15) is 0 Å². The molecule has 21 heavy (non-hydrogen) atoms. The van der Waals surface area contributed by atoms with Crippen LogP contribution in [0.2, 0.25) is 5.02 Å². The lowest BCUT2D eigenvalue weighted by molar-refractivity contribution is 0.302. The first-order valence-electron chi connectivity index (χ1n) is 6.28. The molecule has 2 heterocycles. The summed E-state index contributed by atoms with van der Waals surface area (Å²) >= 11 is 11.1. The van der Waals surface area contributed by atoms with Gasteiger partial charge >= 0.3 is 0 Å². The molecule has 0 saturated carbocycles. The highest BCUT2D eigenvalue weighted by Gasteiger charge is 2.07. The second-order valence-electron chi connectivity index (χ2n) is 4.50. The van der Waals surface area contributed by atoms with Crippen LogP contribution < -0.4 is 10.5 Å². The van der Waals surface area contributed by atoms with Crippen LogP contribution in [0.1, 0.15) is 11.3 Å². The smallest absolute Gasteiger partial charge is 0.138 e. The van der Waals surface area contributed by atoms with Crippen LogP contribution in [0.15, 0.2) is 48.8 Å². The molecule has 0 fully saturated rings. The molecule has 4 nitrogen and oxygen atoms in total. The summed E-state index contributed by atoms with van der Waals surface area (Å²) in [5.41, 5.74) is 7.99. The number of benzene rings is 1. The number of fused-ring (bicyclic) bond motifs is 1. The first-order chi connectivity index (χ1) is 10.1. The van der Waals surface area contributed by atoms with E-state index in [1.807, 2.05) is 35.0 Å². The SMILES string of the molecule is NC(=S)c1ccc(OCc2cn3ccccc3n2)c(Cl)c1. The van der Waals surface area contributed by atoms with Gasteiger partial charge in [-0.3, -0.25) is 0 Å². The van der Waals surface area contributed by atoms with Gasteiger partial charge in [0.1, 0.15) is 23.0 Å². The molecule has 0 bridgehead atoms. The molecule has 2 aromatic heterocycles. The first kappa shape index (κ1) is 13.9. The maximum Gasteiger partial charge on any atom is 0.138 e. The van der Waals surface area contributed by atoms with E-state index < -0.39 is 0 Å². The van der Waals surface area contributed by atoms with Crippen LogP contribution in [-0.2, 0) is 6.61 Å². The minimum Gasteiger partial charge on any atom is -0.486 e. The molecule has 0 saturated heterocycles. The number of ether oxygens (including phenoxy) is 1. The Morgan fingerprint density at radius 1 is 1.33 bits per heavy atom. The zero-order valence-electron chi connectivity index (χ0n) is 11.0. The van der Waals surface area contributed by atoms with Crippen molar-refractivity contribution in [2.24, 2.45) is 5.73 Å². The number of nitrogens with two attached hydrogens (primary N) is 1. The summed E-state index contributed by atoms with van der Waals surface area (Å²) in [7, 11) is 0. The van der Waals surface area contributed by atoms with Gasteiger partial charge in [0.05, 0.1) is 10.7 Å². The summed E-state index contributed by atoms with van der Waals surface area (Å²) in [6, 6.07) is 11.1. The van der Waals surface area contributed by atoms with Gasteiger partial charge in [-0.05, 0) is 30.3 Å². The van der Waals surface area contributed by atoms with Gasteiger partial charge in [0.15, 0.2) is 0 Å². The van der Waals surface area contributed by atoms with Crippen LogP contribution in [-0.4, -0.2) is 14.4 Å². The average molecular weight is 318 g/mol. The Balaban J connectivity index is 1.76. The Hall–Kier alpha value is -2.11. The molecule has 0 atom stereocenters. The summed E-state index contributed by atoms with van der Waals surface area (Å²) in [5, 5.41) is 0.476. The van der Waals surface area contributed by atoms with Crippen molar-refractivity contribution in [2.75, 3.05) is 0 Å². The summed E-state index contributed by atoms with van der Waals surface area (Å²) in [4.78, 5) is 4.77. The number of aromatic nitrogens is 2. The van der Waals surface area contributed by atoms with E-state index in [-0.39, 0.29) is 0 Å². The van der Waals surface area contributed by atoms with E-state index in [2.05, 4.69) is 4.98 Å². The largest absolute Gasteiger partial charge is 0.486 e. The van der Waals surface area contributed by atoms with Gasteiger partial charge < -0.3 is 14.9 Å². The quantitative estimate of drug-likeness (QED) is 0.751. The molecular weight excluding hydrogens is 306 g/mol. The van der Waals surface area contributed by atoms with E-state index in [1.165, 1.54) is 0 Å². The molecule has 0 aliphatic rings. The first-order valence-corrected chi connectivity index (χ1v) is 7.07. The highest BCUT2D eigenvalue weighted by molar-refractivity contribution is 7.80. The van der Waals surface area contributed by atoms with Crippen molar-refractivity contribution in [1.82, 2.24) is 9.38 Å². The summed E-state index contributed by atoms with van der Waals surface area (Å²) in [5.74, 6) is 0.578. The number of nitrogens with zero attached hydrogens (tertiary/aromatic N) is 2. The lowest BCUT2D eigenvalue weighted by Gasteiger charge is -2.07. The molecule has 0 aliphatic heterocycles. The Bertz CT molecular complexity index is 783. The standard InChI is InChI=1S/C15H12ClN3OS/c16-12-7-10(15(17)21)4-5-13(12)20-9-11-8-19-6-2-1-3-14(19)18-11/h1-8H,9H2,(H2,17,21). The topological polar surface area (TPSA) is 52.5 Å². The van der Waals surface area contributed by atoms with Crippen LogP contribution in [0, 0.1) is 0 Å². The van der Waals surface area contributed by atoms with E-state index in [0.717, 1.165) is 16.9 Å². The highest BCUT2D eigenvalue weighted by Crippen LogP contribution is 2.26. The fourth-order valence-electron chi connectivity index (χ4n) is 1.98. The number of hydrogen-bond acceptors (Lipinski definition) is 3. The predicted molar refractivity (Wildman–Crippen MR) is 86.9 cm³/mol.